The molecule has 0 radical (unpaired) electrons. The summed E-state index contributed by atoms with van der Waals surface area (Å²) in [4.78, 5) is 14.2. The summed E-state index contributed by atoms with van der Waals surface area (Å²) in [5, 5.41) is 3.92. The first-order valence-electron chi connectivity index (χ1n) is 7.02. The Labute approximate surface area is 121 Å². The van der Waals surface area contributed by atoms with Gasteiger partial charge in [0.1, 0.15) is 5.76 Å². The predicted octanol–water partition coefficient (Wildman–Crippen LogP) is 2.26. The van der Waals surface area contributed by atoms with Gasteiger partial charge in [-0.2, -0.15) is 0 Å². The smallest absolute Gasteiger partial charge is 0.227 e. The van der Waals surface area contributed by atoms with Gasteiger partial charge < -0.3 is 15.2 Å². The van der Waals surface area contributed by atoms with Crippen molar-refractivity contribution >= 4 is 5.91 Å². The van der Waals surface area contributed by atoms with E-state index in [1.807, 2.05) is 13.8 Å². The third kappa shape index (κ3) is 4.34. The maximum atomic E-state index is 12.5. The highest BCUT2D eigenvalue weighted by atomic mass is 16.5. The van der Waals surface area contributed by atoms with Crippen LogP contribution in [-0.2, 0) is 11.3 Å². The highest BCUT2D eigenvalue weighted by Gasteiger charge is 2.27. The molecule has 1 rings (SSSR count). The van der Waals surface area contributed by atoms with E-state index in [-0.39, 0.29) is 17.2 Å². The molecule has 1 atom stereocenters. The van der Waals surface area contributed by atoms with Crippen molar-refractivity contribution in [1.82, 2.24) is 10.1 Å². The van der Waals surface area contributed by atoms with Crippen LogP contribution in [0.2, 0.25) is 0 Å². The average molecular weight is 281 g/mol. The van der Waals surface area contributed by atoms with Crippen molar-refractivity contribution in [2.24, 2.45) is 17.1 Å². The van der Waals surface area contributed by atoms with Gasteiger partial charge in [-0.15, -0.1) is 0 Å². The first-order valence-corrected chi connectivity index (χ1v) is 7.02. The van der Waals surface area contributed by atoms with Crippen LogP contribution in [-0.4, -0.2) is 29.6 Å². The minimum Gasteiger partial charge on any atom is -0.361 e. The van der Waals surface area contributed by atoms with E-state index < -0.39 is 0 Å². The molecule has 0 bridgehead atoms. The fraction of sp³-hybridized carbons (Fsp3) is 0.733. The van der Waals surface area contributed by atoms with E-state index in [4.69, 9.17) is 10.3 Å². The number of nitrogens with zero attached hydrogens (tertiary/aromatic N) is 2. The molecule has 0 aromatic carbocycles. The number of hydrogen-bond acceptors (Lipinski definition) is 4. The molecule has 0 fully saturated rings. The molecule has 0 saturated heterocycles. The van der Waals surface area contributed by atoms with E-state index >= 15 is 0 Å². The van der Waals surface area contributed by atoms with E-state index in [0.29, 0.717) is 13.1 Å². The Bertz CT molecular complexity index is 441. The highest BCUT2D eigenvalue weighted by Crippen LogP contribution is 2.25. The minimum atomic E-state index is -0.138. The Morgan fingerprint density at radius 1 is 1.40 bits per heavy atom. The number of carbonyl (C=O) groups excluding carboxylic acids is 1. The molecule has 1 aromatic heterocycles. The van der Waals surface area contributed by atoms with Gasteiger partial charge in [-0.3, -0.25) is 4.79 Å². The molecular formula is C15H27N3O2. The summed E-state index contributed by atoms with van der Waals surface area (Å²) in [7, 11) is 1.81. The molecule has 2 N–H and O–H groups in total. The molecule has 0 spiro atoms. The number of amides is 1. The van der Waals surface area contributed by atoms with Crippen LogP contribution in [0.4, 0.5) is 0 Å². The molecule has 5 heteroatoms. The van der Waals surface area contributed by atoms with Crippen molar-refractivity contribution in [2.45, 2.75) is 47.6 Å². The third-order valence-electron chi connectivity index (χ3n) is 3.45. The van der Waals surface area contributed by atoms with Crippen LogP contribution in [0.5, 0.6) is 0 Å². The molecule has 1 heterocycles. The van der Waals surface area contributed by atoms with Gasteiger partial charge >= 0.3 is 0 Å². The molecule has 0 saturated carbocycles. The Morgan fingerprint density at radius 3 is 2.40 bits per heavy atom. The largest absolute Gasteiger partial charge is 0.361 e. The zero-order chi connectivity index (χ0) is 15.5. The van der Waals surface area contributed by atoms with Crippen molar-refractivity contribution in [3.8, 4) is 0 Å². The predicted molar refractivity (Wildman–Crippen MR) is 79.1 cm³/mol. The molecule has 1 aromatic rings. The zero-order valence-electron chi connectivity index (χ0n) is 13.5. The first-order chi connectivity index (χ1) is 9.15. The summed E-state index contributed by atoms with van der Waals surface area (Å²) >= 11 is 0. The minimum absolute atomic E-state index is 0.0856. The lowest BCUT2D eigenvalue weighted by Crippen LogP contribution is -2.38. The molecule has 0 aliphatic carbocycles. The van der Waals surface area contributed by atoms with Gasteiger partial charge in [0.05, 0.1) is 18.2 Å². The summed E-state index contributed by atoms with van der Waals surface area (Å²) < 4.78 is 5.13. The van der Waals surface area contributed by atoms with Gasteiger partial charge in [-0.05, 0) is 25.7 Å². The van der Waals surface area contributed by atoms with Crippen LogP contribution in [0.25, 0.3) is 0 Å². The standard InChI is InChI=1S/C15H27N3O2/c1-10-13(11(2)20-17-10)9-18(6)14(19)12(8-16)7-15(3,4)5/h12H,7-9,16H2,1-6H3. The lowest BCUT2D eigenvalue weighted by atomic mass is 9.84. The second kappa shape index (κ2) is 6.39. The summed E-state index contributed by atoms with van der Waals surface area (Å²) in [6.07, 6.45) is 0.786. The van der Waals surface area contributed by atoms with Gasteiger partial charge in [-0.25, -0.2) is 0 Å². The fourth-order valence-electron chi connectivity index (χ4n) is 2.37. The topological polar surface area (TPSA) is 72.4 Å². The van der Waals surface area contributed by atoms with Gasteiger partial charge in [0, 0.05) is 19.2 Å². The summed E-state index contributed by atoms with van der Waals surface area (Å²) in [5.41, 5.74) is 7.67. The van der Waals surface area contributed by atoms with Crippen LogP contribution in [0.15, 0.2) is 4.52 Å². The van der Waals surface area contributed by atoms with Crippen LogP contribution in [0.1, 0.15) is 44.2 Å². The van der Waals surface area contributed by atoms with Gasteiger partial charge in [0.2, 0.25) is 5.91 Å². The van der Waals surface area contributed by atoms with E-state index in [1.165, 1.54) is 0 Å². The maximum Gasteiger partial charge on any atom is 0.227 e. The lowest BCUT2D eigenvalue weighted by Gasteiger charge is -2.28. The number of nitrogens with two attached hydrogens (primary N) is 1. The van der Waals surface area contributed by atoms with Crippen molar-refractivity contribution in [3.05, 3.63) is 17.0 Å². The number of hydrogen-bond donors (Lipinski definition) is 1. The van der Waals surface area contributed by atoms with Gasteiger partial charge in [0.25, 0.3) is 0 Å². The van der Waals surface area contributed by atoms with Crippen LogP contribution < -0.4 is 5.73 Å². The van der Waals surface area contributed by atoms with Crippen molar-refractivity contribution in [1.29, 1.82) is 0 Å². The zero-order valence-corrected chi connectivity index (χ0v) is 13.5. The first kappa shape index (κ1) is 16.7. The number of aromatic nitrogens is 1. The number of carbonyl (C=O) groups is 1. The lowest BCUT2D eigenvalue weighted by molar-refractivity contribution is -0.135. The Balaban J connectivity index is 2.75. The van der Waals surface area contributed by atoms with E-state index in [9.17, 15) is 4.79 Å². The molecule has 0 aliphatic heterocycles. The molecule has 1 amide bonds. The Kier molecular flexibility index (Phi) is 5.34. The Hall–Kier alpha value is -1.36. The van der Waals surface area contributed by atoms with E-state index in [1.54, 1.807) is 11.9 Å². The highest BCUT2D eigenvalue weighted by molar-refractivity contribution is 5.78. The third-order valence-corrected chi connectivity index (χ3v) is 3.45. The fourth-order valence-corrected chi connectivity index (χ4v) is 2.37. The van der Waals surface area contributed by atoms with Crippen molar-refractivity contribution < 1.29 is 9.32 Å². The average Bonchev–Trinajstić information content (AvgIpc) is 2.65. The molecule has 20 heavy (non-hydrogen) atoms. The number of aryl methyl sites for hydroxylation is 2. The SMILES string of the molecule is Cc1noc(C)c1CN(C)C(=O)C(CN)CC(C)(C)C. The molecule has 0 aliphatic rings. The van der Waals surface area contributed by atoms with E-state index in [0.717, 1.165) is 23.4 Å². The van der Waals surface area contributed by atoms with Crippen molar-refractivity contribution in [2.75, 3.05) is 13.6 Å². The maximum absolute atomic E-state index is 12.5. The summed E-state index contributed by atoms with van der Waals surface area (Å²) in [6, 6.07) is 0. The van der Waals surface area contributed by atoms with Gasteiger partial charge in [0.15, 0.2) is 0 Å². The molecule has 114 valence electrons. The van der Waals surface area contributed by atoms with Gasteiger partial charge in [-0.1, -0.05) is 25.9 Å². The quantitative estimate of drug-likeness (QED) is 0.898. The molecule has 5 nitrogen and oxygen atoms in total. The van der Waals surface area contributed by atoms with E-state index in [2.05, 4.69) is 25.9 Å². The van der Waals surface area contributed by atoms with Crippen LogP contribution in [0, 0.1) is 25.2 Å². The van der Waals surface area contributed by atoms with Crippen LogP contribution in [0.3, 0.4) is 0 Å². The molecular weight excluding hydrogens is 254 g/mol. The summed E-state index contributed by atoms with van der Waals surface area (Å²) in [5.74, 6) is 0.713. The van der Waals surface area contributed by atoms with Crippen LogP contribution >= 0.6 is 0 Å². The normalized spacial score (nSPS) is 13.3. The Morgan fingerprint density at radius 2 is 2.00 bits per heavy atom. The monoisotopic (exact) mass is 281 g/mol. The number of rotatable bonds is 5. The second-order valence-electron chi connectivity index (χ2n) is 6.69. The second-order valence-corrected chi connectivity index (χ2v) is 6.69. The summed E-state index contributed by atoms with van der Waals surface area (Å²) in [6.45, 7) is 11.0. The molecule has 1 unspecified atom stereocenters. The van der Waals surface area contributed by atoms with Crippen molar-refractivity contribution in [3.63, 3.8) is 0 Å².